The summed E-state index contributed by atoms with van der Waals surface area (Å²) < 4.78 is 20.7. The normalized spacial score (nSPS) is 19.5. The standard InChI is InChI=1S/C26H28FN3O3.C2H6.CH3NO/c1-16-5-4-10-30(16)25-14-19(20-6-2-3-7-23(20)28-25)15-33-24-9-8-17(12-22(24)27)11-18-13-21(18)26(31)29-32;1-2;2-1-3/h2-3,6-9,12,14,16,18,21,32H,4-5,10-11,13,15H2,1H3,(H,29,31);1-2H3;1H,(H2,2,3). The Hall–Kier alpha value is -3.72. The van der Waals surface area contributed by atoms with Crippen molar-refractivity contribution in [1.82, 2.24) is 10.5 Å². The molecule has 5 rings (SSSR count). The highest BCUT2D eigenvalue weighted by Crippen LogP contribution is 2.41. The summed E-state index contributed by atoms with van der Waals surface area (Å²) in [6.07, 6.45) is 3.87. The van der Waals surface area contributed by atoms with Crippen LogP contribution in [0.4, 0.5) is 10.2 Å². The van der Waals surface area contributed by atoms with Gasteiger partial charge in [0.05, 0.1) is 5.52 Å². The summed E-state index contributed by atoms with van der Waals surface area (Å²) in [4.78, 5) is 27.2. The highest BCUT2D eigenvalue weighted by Gasteiger charge is 2.42. The van der Waals surface area contributed by atoms with Gasteiger partial charge in [-0.3, -0.25) is 14.8 Å². The number of hydroxylamine groups is 1. The summed E-state index contributed by atoms with van der Waals surface area (Å²) in [5.41, 5.74) is 8.57. The molecule has 3 atom stereocenters. The van der Waals surface area contributed by atoms with Crippen LogP contribution in [0.15, 0.2) is 48.5 Å². The van der Waals surface area contributed by atoms with Crippen LogP contribution in [0.1, 0.15) is 51.2 Å². The molecule has 2 aliphatic rings. The second kappa shape index (κ2) is 13.7. The van der Waals surface area contributed by atoms with Gasteiger partial charge in [0.2, 0.25) is 12.3 Å². The van der Waals surface area contributed by atoms with Gasteiger partial charge in [-0.25, -0.2) is 14.9 Å². The predicted octanol–water partition coefficient (Wildman–Crippen LogP) is 4.75. The quantitative estimate of drug-likeness (QED) is 0.233. The molecule has 2 heterocycles. The number of hydrogen-bond acceptors (Lipinski definition) is 6. The van der Waals surface area contributed by atoms with Crippen molar-refractivity contribution in [3.63, 3.8) is 0 Å². The molecule has 0 radical (unpaired) electrons. The Bertz CT molecular complexity index is 1240. The van der Waals surface area contributed by atoms with E-state index in [-0.39, 0.29) is 36.5 Å². The molecule has 1 aromatic heterocycles. The van der Waals surface area contributed by atoms with Crippen LogP contribution in [-0.4, -0.2) is 35.1 Å². The first kappa shape index (κ1) is 28.8. The number of fused-ring (bicyclic) bond motifs is 1. The van der Waals surface area contributed by atoms with Crippen LogP contribution in [0.2, 0.25) is 0 Å². The van der Waals surface area contributed by atoms with E-state index in [1.165, 1.54) is 6.07 Å². The molecule has 1 saturated heterocycles. The van der Waals surface area contributed by atoms with Crippen molar-refractivity contribution in [2.75, 3.05) is 11.4 Å². The van der Waals surface area contributed by atoms with Crippen LogP contribution < -0.4 is 20.9 Å². The first-order chi connectivity index (χ1) is 18.4. The average Bonchev–Trinajstić information content (AvgIpc) is 3.57. The minimum atomic E-state index is -0.414. The Kier molecular flexibility index (Phi) is 10.4. The fraction of sp³-hybridized carbons (Fsp3) is 0.414. The van der Waals surface area contributed by atoms with Gasteiger partial charge in [0.1, 0.15) is 12.4 Å². The molecule has 1 saturated carbocycles. The first-order valence-electron chi connectivity index (χ1n) is 13.1. The molecule has 0 spiro atoms. The smallest absolute Gasteiger partial charge is 0.246 e. The van der Waals surface area contributed by atoms with E-state index < -0.39 is 5.82 Å². The monoisotopic (exact) mass is 524 g/mol. The predicted molar refractivity (Wildman–Crippen MR) is 145 cm³/mol. The summed E-state index contributed by atoms with van der Waals surface area (Å²) >= 11 is 0. The Morgan fingerprint density at radius 1 is 1.26 bits per heavy atom. The highest BCUT2D eigenvalue weighted by atomic mass is 19.1. The lowest BCUT2D eigenvalue weighted by Gasteiger charge is -2.24. The maximum atomic E-state index is 14.8. The van der Waals surface area contributed by atoms with E-state index in [4.69, 9.17) is 19.7 Å². The van der Waals surface area contributed by atoms with Gasteiger partial charge in [0.25, 0.3) is 0 Å². The maximum absolute atomic E-state index is 14.8. The SMILES string of the molecule is CC.CC1CCCN1c1cc(COc2ccc(CC3CC3C(=O)NO)cc2F)c2ccccc2n1.NC=O. The number of nitrogens with one attached hydrogen (secondary N) is 1. The van der Waals surface area contributed by atoms with Gasteiger partial charge in [-0.1, -0.05) is 38.1 Å². The number of rotatable bonds is 7. The third-order valence-corrected chi connectivity index (χ3v) is 6.88. The van der Waals surface area contributed by atoms with E-state index in [0.29, 0.717) is 18.9 Å². The zero-order valence-corrected chi connectivity index (χ0v) is 22.2. The van der Waals surface area contributed by atoms with E-state index in [9.17, 15) is 9.18 Å². The molecule has 4 N–H and O–H groups in total. The largest absolute Gasteiger partial charge is 0.486 e. The second-order valence-corrected chi connectivity index (χ2v) is 9.31. The number of nitrogens with two attached hydrogens (primary N) is 1. The summed E-state index contributed by atoms with van der Waals surface area (Å²) in [5, 5.41) is 9.74. The number of aromatic nitrogens is 1. The fourth-order valence-electron chi connectivity index (χ4n) is 4.90. The molecule has 1 aliphatic heterocycles. The fourth-order valence-corrected chi connectivity index (χ4v) is 4.90. The molecule has 1 aliphatic carbocycles. The molecule has 38 heavy (non-hydrogen) atoms. The minimum absolute atomic E-state index is 0.137. The molecule has 204 valence electrons. The number of para-hydroxylation sites is 1. The van der Waals surface area contributed by atoms with Gasteiger partial charge in [-0.05, 0) is 68.4 Å². The third kappa shape index (κ3) is 6.98. The minimum Gasteiger partial charge on any atom is -0.486 e. The zero-order chi connectivity index (χ0) is 27.7. The lowest BCUT2D eigenvalue weighted by Crippen LogP contribution is -2.27. The van der Waals surface area contributed by atoms with Crippen LogP contribution in [-0.2, 0) is 22.6 Å². The Morgan fingerprint density at radius 2 is 2.00 bits per heavy atom. The molecule has 0 bridgehead atoms. The lowest BCUT2D eigenvalue weighted by atomic mass is 10.1. The molecule has 2 aromatic carbocycles. The van der Waals surface area contributed by atoms with E-state index >= 15 is 0 Å². The number of hydrogen-bond donors (Lipinski definition) is 3. The van der Waals surface area contributed by atoms with Gasteiger partial charge >= 0.3 is 0 Å². The van der Waals surface area contributed by atoms with Gasteiger partial charge in [0, 0.05) is 29.5 Å². The molecule has 3 unspecified atom stereocenters. The van der Waals surface area contributed by atoms with Gasteiger partial charge in [-0.15, -0.1) is 0 Å². The van der Waals surface area contributed by atoms with Crippen molar-refractivity contribution in [3.05, 3.63) is 65.5 Å². The maximum Gasteiger partial charge on any atom is 0.246 e. The van der Waals surface area contributed by atoms with Crippen molar-refractivity contribution < 1.29 is 23.9 Å². The Morgan fingerprint density at radius 3 is 2.66 bits per heavy atom. The van der Waals surface area contributed by atoms with Crippen molar-refractivity contribution in [2.45, 2.75) is 59.1 Å². The number of ether oxygens (including phenoxy) is 1. The number of pyridine rings is 1. The number of nitrogens with zero attached hydrogens (tertiary/aromatic N) is 2. The Labute approximate surface area is 222 Å². The molecule has 8 nitrogen and oxygen atoms in total. The Balaban J connectivity index is 0.000000748. The topological polar surface area (TPSA) is 118 Å². The van der Waals surface area contributed by atoms with Crippen LogP contribution >= 0.6 is 0 Å². The van der Waals surface area contributed by atoms with Crippen LogP contribution in [0, 0.1) is 17.7 Å². The van der Waals surface area contributed by atoms with Crippen molar-refractivity contribution >= 4 is 29.0 Å². The molecular weight excluding hydrogens is 487 g/mol. The van der Waals surface area contributed by atoms with Crippen LogP contribution in [0.3, 0.4) is 0 Å². The summed E-state index contributed by atoms with van der Waals surface area (Å²) in [5.74, 6) is 0.311. The number of carbonyl (C=O) groups excluding carboxylic acids is 2. The van der Waals surface area contributed by atoms with Crippen LogP contribution in [0.25, 0.3) is 10.9 Å². The number of benzene rings is 2. The second-order valence-electron chi connectivity index (χ2n) is 9.31. The van der Waals surface area contributed by atoms with E-state index in [0.717, 1.165) is 47.2 Å². The number of carbonyl (C=O) groups is 2. The molecule has 3 aromatic rings. The van der Waals surface area contributed by atoms with Crippen molar-refractivity contribution in [3.8, 4) is 5.75 Å². The van der Waals surface area contributed by atoms with Gasteiger partial charge < -0.3 is 15.4 Å². The summed E-state index contributed by atoms with van der Waals surface area (Å²) in [7, 11) is 0. The van der Waals surface area contributed by atoms with Crippen LogP contribution in [0.5, 0.6) is 5.75 Å². The van der Waals surface area contributed by atoms with Crippen molar-refractivity contribution in [2.24, 2.45) is 17.6 Å². The third-order valence-electron chi connectivity index (χ3n) is 6.88. The highest BCUT2D eigenvalue weighted by molar-refractivity contribution is 5.84. The number of amides is 2. The van der Waals surface area contributed by atoms with E-state index in [2.05, 4.69) is 23.6 Å². The van der Waals surface area contributed by atoms with Crippen molar-refractivity contribution in [1.29, 1.82) is 0 Å². The molecule has 2 fully saturated rings. The average molecular weight is 525 g/mol. The zero-order valence-electron chi connectivity index (χ0n) is 22.2. The van der Waals surface area contributed by atoms with E-state index in [1.54, 1.807) is 11.5 Å². The van der Waals surface area contributed by atoms with E-state index in [1.807, 2.05) is 44.2 Å². The first-order valence-corrected chi connectivity index (χ1v) is 13.1. The van der Waals surface area contributed by atoms with Gasteiger partial charge in [-0.2, -0.15) is 0 Å². The number of primary amides is 1. The lowest BCUT2D eigenvalue weighted by molar-refractivity contribution is -0.130. The molecule has 9 heteroatoms. The van der Waals surface area contributed by atoms with Gasteiger partial charge in [0.15, 0.2) is 11.6 Å². The number of anilines is 1. The number of halogens is 1. The summed E-state index contributed by atoms with van der Waals surface area (Å²) in [6.45, 7) is 7.46. The summed E-state index contributed by atoms with van der Waals surface area (Å²) in [6, 6.07) is 15.5. The molecular formula is C29H37FN4O4. The molecule has 2 amide bonds.